The van der Waals surface area contributed by atoms with E-state index in [4.69, 9.17) is 0 Å². The molecule has 0 atom stereocenters. The lowest BCUT2D eigenvalue weighted by Crippen LogP contribution is -2.44. The minimum atomic E-state index is 0.532. The number of fused-ring (bicyclic) bond motifs is 2. The molecule has 0 aliphatic carbocycles. The molecule has 0 bridgehead atoms. The second kappa shape index (κ2) is 7.57. The van der Waals surface area contributed by atoms with Crippen LogP contribution in [0.4, 0.5) is 17.5 Å². The Balaban J connectivity index is 1.26. The van der Waals surface area contributed by atoms with Crippen molar-refractivity contribution in [2.24, 2.45) is 0 Å². The Labute approximate surface area is 184 Å². The van der Waals surface area contributed by atoms with Gasteiger partial charge in [-0.1, -0.05) is 0 Å². The first-order valence-electron chi connectivity index (χ1n) is 10.5. The van der Waals surface area contributed by atoms with E-state index in [2.05, 4.69) is 52.1 Å². The lowest BCUT2D eigenvalue weighted by atomic mass is 10.1. The first-order valence-corrected chi connectivity index (χ1v) is 10.5. The fraction of sp³-hybridized carbons (Fsp3) is 0.227. The van der Waals surface area contributed by atoms with Crippen LogP contribution in [0.3, 0.4) is 0 Å². The van der Waals surface area contributed by atoms with Crippen molar-refractivity contribution in [3.8, 4) is 11.1 Å². The van der Waals surface area contributed by atoms with Crippen LogP contribution in [0.15, 0.2) is 55.5 Å². The van der Waals surface area contributed by atoms with Crippen molar-refractivity contribution in [3.63, 3.8) is 0 Å². The largest absolute Gasteiger partial charge is 0.354 e. The molecule has 0 amide bonds. The monoisotopic (exact) mass is 426 g/mol. The van der Waals surface area contributed by atoms with Gasteiger partial charge in [0.2, 0.25) is 11.7 Å². The number of aromatic amines is 1. The Morgan fingerprint density at radius 3 is 2.81 bits per heavy atom. The minimum Gasteiger partial charge on any atom is -0.354 e. The molecule has 10 nitrogen and oxygen atoms in total. The highest BCUT2D eigenvalue weighted by atomic mass is 15.3. The Morgan fingerprint density at radius 2 is 1.91 bits per heavy atom. The van der Waals surface area contributed by atoms with E-state index in [1.807, 2.05) is 53.7 Å². The molecule has 0 spiro atoms. The van der Waals surface area contributed by atoms with Gasteiger partial charge in [-0.2, -0.15) is 4.98 Å². The zero-order valence-electron chi connectivity index (χ0n) is 17.6. The van der Waals surface area contributed by atoms with Crippen molar-refractivity contribution in [1.82, 2.24) is 39.2 Å². The number of hydrogen-bond acceptors (Lipinski definition) is 8. The van der Waals surface area contributed by atoms with Gasteiger partial charge < -0.3 is 20.1 Å². The highest BCUT2D eigenvalue weighted by Gasteiger charge is 2.16. The summed E-state index contributed by atoms with van der Waals surface area (Å²) in [5.41, 5.74) is 3.64. The maximum absolute atomic E-state index is 4.66. The van der Waals surface area contributed by atoms with E-state index in [0.717, 1.165) is 59.8 Å². The van der Waals surface area contributed by atoms with Crippen molar-refractivity contribution in [3.05, 3.63) is 55.5 Å². The molecule has 5 aromatic rings. The molecule has 5 aromatic heterocycles. The molecule has 6 heterocycles. The van der Waals surface area contributed by atoms with Crippen LogP contribution < -0.4 is 10.2 Å². The van der Waals surface area contributed by atoms with Crippen LogP contribution in [0.25, 0.3) is 27.9 Å². The molecule has 1 aliphatic heterocycles. The van der Waals surface area contributed by atoms with E-state index in [0.29, 0.717) is 11.7 Å². The number of hydrogen-bond donors (Lipinski definition) is 2. The van der Waals surface area contributed by atoms with Crippen LogP contribution >= 0.6 is 0 Å². The predicted molar refractivity (Wildman–Crippen MR) is 123 cm³/mol. The smallest absolute Gasteiger partial charge is 0.233 e. The number of H-pyrrole nitrogens is 1. The standard InChI is InChI=1S/C22H22N10/c1-30-6-8-31(9-7-30)19-10-16(2-3-23-19)28-21-26-13-18-17(12-25-20(18)29-21)15-11-27-22-24-4-5-32(22)14-15/h2-5,10-14H,6-9H2,1H3,(H2,23,25,26,28,29). The average Bonchev–Trinajstić information content (AvgIpc) is 3.46. The van der Waals surface area contributed by atoms with Crippen molar-refractivity contribution < 1.29 is 0 Å². The van der Waals surface area contributed by atoms with E-state index in [1.54, 1.807) is 6.20 Å². The summed E-state index contributed by atoms with van der Waals surface area (Å²) in [6.45, 7) is 4.02. The molecule has 1 saturated heterocycles. The Kier molecular flexibility index (Phi) is 4.43. The number of pyridine rings is 1. The fourth-order valence-electron chi connectivity index (χ4n) is 4.00. The highest BCUT2D eigenvalue weighted by molar-refractivity contribution is 5.93. The van der Waals surface area contributed by atoms with Crippen molar-refractivity contribution in [2.75, 3.05) is 43.4 Å². The summed E-state index contributed by atoms with van der Waals surface area (Å²) in [7, 11) is 2.15. The summed E-state index contributed by atoms with van der Waals surface area (Å²) >= 11 is 0. The summed E-state index contributed by atoms with van der Waals surface area (Å²) in [5, 5.41) is 4.24. The quantitative estimate of drug-likeness (QED) is 0.452. The second-order valence-electron chi connectivity index (χ2n) is 7.95. The first-order chi connectivity index (χ1) is 15.7. The lowest BCUT2D eigenvalue weighted by molar-refractivity contribution is 0.312. The number of anilines is 3. The van der Waals surface area contributed by atoms with Gasteiger partial charge in [0.25, 0.3) is 0 Å². The molecule has 160 valence electrons. The van der Waals surface area contributed by atoms with Gasteiger partial charge in [-0.25, -0.2) is 19.9 Å². The van der Waals surface area contributed by atoms with Gasteiger partial charge in [-0.15, -0.1) is 0 Å². The van der Waals surface area contributed by atoms with Crippen LogP contribution in [-0.4, -0.2) is 72.4 Å². The molecule has 0 aromatic carbocycles. The number of imidazole rings is 1. The SMILES string of the molecule is CN1CCN(c2cc(Nc3ncc4c(-c5cnc6nccn6c5)c[nH]c4n3)ccn2)CC1. The lowest BCUT2D eigenvalue weighted by Gasteiger charge is -2.33. The zero-order valence-corrected chi connectivity index (χ0v) is 17.6. The highest BCUT2D eigenvalue weighted by Crippen LogP contribution is 2.28. The minimum absolute atomic E-state index is 0.532. The van der Waals surface area contributed by atoms with Crippen molar-refractivity contribution in [1.29, 1.82) is 0 Å². The molecule has 2 N–H and O–H groups in total. The summed E-state index contributed by atoms with van der Waals surface area (Å²) in [6, 6.07) is 3.98. The molecular formula is C22H22N10. The van der Waals surface area contributed by atoms with Gasteiger partial charge in [0.15, 0.2) is 0 Å². The first kappa shape index (κ1) is 18.7. The summed E-state index contributed by atoms with van der Waals surface area (Å²) in [5.74, 6) is 2.17. The zero-order chi connectivity index (χ0) is 21.5. The molecule has 10 heteroatoms. The maximum Gasteiger partial charge on any atom is 0.233 e. The summed E-state index contributed by atoms with van der Waals surface area (Å²) in [4.78, 5) is 30.2. The number of rotatable bonds is 4. The second-order valence-corrected chi connectivity index (χ2v) is 7.95. The van der Waals surface area contributed by atoms with Gasteiger partial charge in [0.1, 0.15) is 11.5 Å². The molecule has 0 unspecified atom stereocenters. The maximum atomic E-state index is 4.66. The number of nitrogens with zero attached hydrogens (tertiary/aromatic N) is 8. The Bertz CT molecular complexity index is 1400. The van der Waals surface area contributed by atoms with Gasteiger partial charge in [0.05, 0.1) is 0 Å². The average molecular weight is 426 g/mol. The van der Waals surface area contributed by atoms with E-state index in [1.165, 1.54) is 0 Å². The summed E-state index contributed by atoms with van der Waals surface area (Å²) in [6.07, 6.45) is 13.0. The van der Waals surface area contributed by atoms with Gasteiger partial charge in [-0.05, 0) is 13.1 Å². The van der Waals surface area contributed by atoms with E-state index in [-0.39, 0.29) is 0 Å². The topological polar surface area (TPSA) is 103 Å². The van der Waals surface area contributed by atoms with Gasteiger partial charge >= 0.3 is 0 Å². The normalized spacial score (nSPS) is 15.0. The molecule has 6 rings (SSSR count). The number of piperazine rings is 1. The van der Waals surface area contributed by atoms with Crippen LogP contribution in [0.2, 0.25) is 0 Å². The molecular weight excluding hydrogens is 404 g/mol. The molecule has 0 radical (unpaired) electrons. The van der Waals surface area contributed by atoms with Crippen LogP contribution in [0.5, 0.6) is 0 Å². The third kappa shape index (κ3) is 3.40. The Morgan fingerprint density at radius 1 is 1.00 bits per heavy atom. The van der Waals surface area contributed by atoms with Crippen molar-refractivity contribution in [2.45, 2.75) is 0 Å². The third-order valence-corrected chi connectivity index (χ3v) is 5.82. The fourth-order valence-corrected chi connectivity index (χ4v) is 4.00. The van der Waals surface area contributed by atoms with E-state index in [9.17, 15) is 0 Å². The predicted octanol–water partition coefficient (Wildman–Crippen LogP) is 2.56. The summed E-state index contributed by atoms with van der Waals surface area (Å²) < 4.78 is 1.90. The molecule has 1 fully saturated rings. The molecule has 32 heavy (non-hydrogen) atoms. The third-order valence-electron chi connectivity index (χ3n) is 5.82. The van der Waals surface area contributed by atoms with Crippen LogP contribution in [-0.2, 0) is 0 Å². The Hall–Kier alpha value is -4.05. The van der Waals surface area contributed by atoms with E-state index >= 15 is 0 Å². The van der Waals surface area contributed by atoms with Crippen molar-refractivity contribution >= 4 is 34.3 Å². The number of aromatic nitrogens is 7. The molecule has 1 aliphatic rings. The molecule has 0 saturated carbocycles. The van der Waals surface area contributed by atoms with Gasteiger partial charge in [-0.3, -0.25) is 4.40 Å². The van der Waals surface area contributed by atoms with Gasteiger partial charge in [0, 0.05) is 97.8 Å². The van der Waals surface area contributed by atoms with Crippen LogP contribution in [0.1, 0.15) is 0 Å². The van der Waals surface area contributed by atoms with Crippen LogP contribution in [0, 0.1) is 0 Å². The number of likely N-dealkylation sites (N-methyl/N-ethyl adjacent to an activating group) is 1. The van der Waals surface area contributed by atoms with E-state index < -0.39 is 0 Å². The number of nitrogens with one attached hydrogen (secondary N) is 2.